The van der Waals surface area contributed by atoms with Crippen LogP contribution in [0, 0.1) is 5.92 Å². The number of carbonyl (C=O) groups is 2. The average molecular weight is 326 g/mol. The van der Waals surface area contributed by atoms with Crippen LogP contribution in [0.5, 0.6) is 0 Å². The van der Waals surface area contributed by atoms with Crippen LogP contribution in [-0.2, 0) is 22.4 Å². The number of carbonyl (C=O) groups excluding carboxylic acids is 2. The smallest absolute Gasteiger partial charge is 0.228 e. The standard InChI is InChI=1S/C20H26N2O2/c1-21(17-7-2-3-8-17)20(24)16-12-19(23)22(13-16)18-10-9-14-5-4-6-15(14)11-18/h9-11,16-17H,2-8,12-13H2,1H3/t16-/m0/s1. The van der Waals surface area contributed by atoms with Crippen LogP contribution in [0.3, 0.4) is 0 Å². The largest absolute Gasteiger partial charge is 0.342 e. The number of nitrogens with zero attached hydrogens (tertiary/aromatic N) is 2. The summed E-state index contributed by atoms with van der Waals surface area (Å²) in [6.45, 7) is 0.535. The van der Waals surface area contributed by atoms with Crippen LogP contribution in [0.25, 0.3) is 0 Å². The number of fused-ring (bicyclic) bond motifs is 1. The molecule has 4 heteroatoms. The number of aryl methyl sites for hydroxylation is 2. The molecule has 2 fully saturated rings. The fraction of sp³-hybridized carbons (Fsp3) is 0.600. The number of benzene rings is 1. The number of anilines is 1. The van der Waals surface area contributed by atoms with E-state index < -0.39 is 0 Å². The third kappa shape index (κ3) is 2.72. The van der Waals surface area contributed by atoms with Crippen LogP contribution >= 0.6 is 0 Å². The maximum absolute atomic E-state index is 12.8. The molecule has 0 N–H and O–H groups in total. The van der Waals surface area contributed by atoms with E-state index in [4.69, 9.17) is 0 Å². The number of amides is 2. The Balaban J connectivity index is 1.47. The van der Waals surface area contributed by atoms with Gasteiger partial charge in [-0.1, -0.05) is 18.9 Å². The van der Waals surface area contributed by atoms with Gasteiger partial charge in [0, 0.05) is 31.7 Å². The van der Waals surface area contributed by atoms with Crippen molar-refractivity contribution in [3.63, 3.8) is 0 Å². The zero-order valence-corrected chi connectivity index (χ0v) is 14.5. The summed E-state index contributed by atoms with van der Waals surface area (Å²) in [5.41, 5.74) is 3.76. The van der Waals surface area contributed by atoms with E-state index in [1.165, 1.54) is 30.4 Å². The Bertz CT molecular complexity index is 664. The van der Waals surface area contributed by atoms with Gasteiger partial charge < -0.3 is 9.80 Å². The Kier molecular flexibility index (Phi) is 4.07. The number of rotatable bonds is 3. The van der Waals surface area contributed by atoms with Crippen molar-refractivity contribution in [2.24, 2.45) is 5.92 Å². The van der Waals surface area contributed by atoms with E-state index in [2.05, 4.69) is 18.2 Å². The molecule has 4 rings (SSSR count). The maximum Gasteiger partial charge on any atom is 0.228 e. The Morgan fingerprint density at radius 2 is 1.88 bits per heavy atom. The van der Waals surface area contributed by atoms with Gasteiger partial charge in [-0.2, -0.15) is 0 Å². The first kappa shape index (κ1) is 15.7. The lowest BCUT2D eigenvalue weighted by Crippen LogP contribution is -2.40. The molecule has 4 nitrogen and oxygen atoms in total. The molecule has 0 spiro atoms. The molecular formula is C20H26N2O2. The van der Waals surface area contributed by atoms with Gasteiger partial charge in [-0.25, -0.2) is 0 Å². The highest BCUT2D eigenvalue weighted by Gasteiger charge is 2.38. The van der Waals surface area contributed by atoms with Crippen molar-refractivity contribution in [2.45, 2.75) is 57.4 Å². The molecule has 1 aromatic carbocycles. The monoisotopic (exact) mass is 326 g/mol. The fourth-order valence-electron chi connectivity index (χ4n) is 4.61. The highest BCUT2D eigenvalue weighted by atomic mass is 16.2. The van der Waals surface area contributed by atoms with Crippen LogP contribution in [0.4, 0.5) is 5.69 Å². The second kappa shape index (κ2) is 6.23. The molecule has 1 saturated heterocycles. The van der Waals surface area contributed by atoms with Gasteiger partial charge in [0.05, 0.1) is 5.92 Å². The fourth-order valence-corrected chi connectivity index (χ4v) is 4.61. The van der Waals surface area contributed by atoms with E-state index in [1.54, 1.807) is 0 Å². The van der Waals surface area contributed by atoms with Crippen molar-refractivity contribution in [1.82, 2.24) is 4.90 Å². The molecule has 3 aliphatic rings. The van der Waals surface area contributed by atoms with Gasteiger partial charge >= 0.3 is 0 Å². The van der Waals surface area contributed by atoms with Crippen LogP contribution in [0.15, 0.2) is 18.2 Å². The van der Waals surface area contributed by atoms with Gasteiger partial charge in [-0.15, -0.1) is 0 Å². The van der Waals surface area contributed by atoms with E-state index >= 15 is 0 Å². The predicted octanol–water partition coefficient (Wildman–Crippen LogP) is 2.93. The molecule has 24 heavy (non-hydrogen) atoms. The van der Waals surface area contributed by atoms with E-state index in [0.717, 1.165) is 31.4 Å². The van der Waals surface area contributed by atoms with Gasteiger partial charge in [0.25, 0.3) is 0 Å². The molecule has 2 amide bonds. The van der Waals surface area contributed by atoms with Crippen molar-refractivity contribution in [3.8, 4) is 0 Å². The van der Waals surface area contributed by atoms with Crippen LogP contribution in [0.1, 0.15) is 49.7 Å². The molecule has 0 bridgehead atoms. The predicted molar refractivity (Wildman–Crippen MR) is 94.0 cm³/mol. The van der Waals surface area contributed by atoms with Gasteiger partial charge in [-0.05, 0) is 55.4 Å². The van der Waals surface area contributed by atoms with E-state index in [9.17, 15) is 9.59 Å². The average Bonchev–Trinajstić information content (AvgIpc) is 3.32. The summed E-state index contributed by atoms with van der Waals surface area (Å²) >= 11 is 0. The summed E-state index contributed by atoms with van der Waals surface area (Å²) < 4.78 is 0. The van der Waals surface area contributed by atoms with Crippen molar-refractivity contribution >= 4 is 17.5 Å². The first-order valence-corrected chi connectivity index (χ1v) is 9.32. The Morgan fingerprint density at radius 3 is 2.67 bits per heavy atom. The van der Waals surface area contributed by atoms with Crippen molar-refractivity contribution in [1.29, 1.82) is 0 Å². The summed E-state index contributed by atoms with van der Waals surface area (Å²) in [6, 6.07) is 6.75. The third-order valence-corrected chi connectivity index (χ3v) is 6.09. The minimum absolute atomic E-state index is 0.0890. The Hall–Kier alpha value is -1.84. The number of hydrogen-bond donors (Lipinski definition) is 0. The van der Waals surface area contributed by atoms with Gasteiger partial charge in [-0.3, -0.25) is 9.59 Å². The summed E-state index contributed by atoms with van der Waals surface area (Å²) in [4.78, 5) is 29.0. The van der Waals surface area contributed by atoms with Crippen LogP contribution in [0.2, 0.25) is 0 Å². The van der Waals surface area contributed by atoms with Crippen molar-refractivity contribution in [2.75, 3.05) is 18.5 Å². The molecule has 1 saturated carbocycles. The van der Waals surface area contributed by atoms with E-state index in [-0.39, 0.29) is 17.7 Å². The van der Waals surface area contributed by atoms with Gasteiger partial charge in [0.2, 0.25) is 11.8 Å². The molecule has 128 valence electrons. The van der Waals surface area contributed by atoms with Gasteiger partial charge in [0.15, 0.2) is 0 Å². The lowest BCUT2D eigenvalue weighted by Gasteiger charge is -2.27. The van der Waals surface area contributed by atoms with Crippen molar-refractivity contribution in [3.05, 3.63) is 29.3 Å². The molecule has 1 heterocycles. The maximum atomic E-state index is 12.8. The Labute approximate surface area is 143 Å². The SMILES string of the molecule is CN(C(=O)[C@H]1CC(=O)N(c2ccc3c(c2)CCC3)C1)C1CCCC1. The van der Waals surface area contributed by atoms with Crippen LogP contribution in [-0.4, -0.2) is 36.3 Å². The highest BCUT2D eigenvalue weighted by Crippen LogP contribution is 2.32. The van der Waals surface area contributed by atoms with E-state index in [0.29, 0.717) is 19.0 Å². The molecule has 0 aromatic heterocycles. The minimum Gasteiger partial charge on any atom is -0.342 e. The zero-order valence-electron chi connectivity index (χ0n) is 14.5. The quantitative estimate of drug-likeness (QED) is 0.857. The summed E-state index contributed by atoms with van der Waals surface area (Å²) in [5.74, 6) is 0.0568. The lowest BCUT2D eigenvalue weighted by molar-refractivity contribution is -0.136. The molecule has 1 aromatic rings. The van der Waals surface area contributed by atoms with Crippen LogP contribution < -0.4 is 4.90 Å². The first-order valence-electron chi connectivity index (χ1n) is 9.32. The third-order valence-electron chi connectivity index (χ3n) is 6.09. The second-order valence-corrected chi connectivity index (χ2v) is 7.60. The lowest BCUT2D eigenvalue weighted by atomic mass is 10.1. The highest BCUT2D eigenvalue weighted by molar-refractivity contribution is 6.00. The molecule has 2 aliphatic carbocycles. The molecule has 0 unspecified atom stereocenters. The number of hydrogen-bond acceptors (Lipinski definition) is 2. The molecular weight excluding hydrogens is 300 g/mol. The summed E-state index contributed by atoms with van der Waals surface area (Å²) in [5, 5.41) is 0. The van der Waals surface area contributed by atoms with E-state index in [1.807, 2.05) is 16.8 Å². The van der Waals surface area contributed by atoms with Gasteiger partial charge in [0.1, 0.15) is 0 Å². The van der Waals surface area contributed by atoms with Crippen molar-refractivity contribution < 1.29 is 9.59 Å². The first-order chi connectivity index (χ1) is 11.6. The topological polar surface area (TPSA) is 40.6 Å². The molecule has 0 radical (unpaired) electrons. The minimum atomic E-state index is -0.184. The second-order valence-electron chi connectivity index (χ2n) is 7.60. The normalized spacial score (nSPS) is 23.8. The summed E-state index contributed by atoms with van der Waals surface area (Å²) in [6.07, 6.45) is 8.47. The molecule has 1 atom stereocenters. The Morgan fingerprint density at radius 1 is 1.12 bits per heavy atom. The summed E-state index contributed by atoms with van der Waals surface area (Å²) in [7, 11) is 1.92. The zero-order chi connectivity index (χ0) is 16.7. The molecule has 1 aliphatic heterocycles.